The van der Waals surface area contributed by atoms with E-state index in [1.165, 1.54) is 19.3 Å². The van der Waals surface area contributed by atoms with Crippen LogP contribution in [0, 0.1) is 5.92 Å². The lowest BCUT2D eigenvalue weighted by Gasteiger charge is -1.97. The van der Waals surface area contributed by atoms with Crippen molar-refractivity contribution in [3.8, 4) is 0 Å². The smallest absolute Gasteiger partial charge is 0.206 e. The van der Waals surface area contributed by atoms with Gasteiger partial charge in [0.2, 0.25) is 6.29 Å². The molecule has 0 saturated heterocycles. The molecule has 2 heteroatoms. The topological polar surface area (TPSA) is 34.1 Å². The summed E-state index contributed by atoms with van der Waals surface area (Å²) in [6, 6.07) is 0. The van der Waals surface area contributed by atoms with Crippen LogP contribution in [-0.4, -0.2) is 12.6 Å². The van der Waals surface area contributed by atoms with E-state index in [-0.39, 0.29) is 6.42 Å². The van der Waals surface area contributed by atoms with Gasteiger partial charge in [-0.3, -0.25) is 9.59 Å². The zero-order valence-corrected chi connectivity index (χ0v) is 8.79. The lowest BCUT2D eigenvalue weighted by Crippen LogP contribution is -1.97. The number of rotatable bonds is 9. The Hall–Kier alpha value is -0.920. The van der Waals surface area contributed by atoms with Crippen molar-refractivity contribution in [3.05, 3.63) is 12.2 Å². The zero-order chi connectivity index (χ0) is 10.6. The standard InChI is InChI=1S/C12H18O2/c1-2-3-4-5-6-7-8-12(11-14)9-10-13/h7-8,12H,2-6,9H2,1H3. The molecule has 0 fully saturated rings. The molecule has 0 saturated carbocycles. The van der Waals surface area contributed by atoms with Crippen LogP contribution in [0.25, 0.3) is 0 Å². The first-order valence-corrected chi connectivity index (χ1v) is 5.24. The summed E-state index contributed by atoms with van der Waals surface area (Å²) < 4.78 is 0. The minimum absolute atomic E-state index is 0.134. The van der Waals surface area contributed by atoms with E-state index in [2.05, 4.69) is 6.92 Å². The Morgan fingerprint density at radius 2 is 2.00 bits per heavy atom. The lowest BCUT2D eigenvalue weighted by molar-refractivity contribution is 0.526. The van der Waals surface area contributed by atoms with Crippen LogP contribution >= 0.6 is 0 Å². The van der Waals surface area contributed by atoms with Crippen LogP contribution in [0.4, 0.5) is 0 Å². The second-order valence-corrected chi connectivity index (χ2v) is 3.35. The molecule has 0 amide bonds. The van der Waals surface area contributed by atoms with E-state index in [1.54, 1.807) is 18.6 Å². The Morgan fingerprint density at radius 1 is 1.21 bits per heavy atom. The van der Waals surface area contributed by atoms with Crippen molar-refractivity contribution in [3.63, 3.8) is 0 Å². The van der Waals surface area contributed by atoms with Crippen molar-refractivity contribution in [2.24, 2.45) is 5.92 Å². The molecule has 0 heterocycles. The van der Waals surface area contributed by atoms with Gasteiger partial charge in [0.05, 0.1) is 5.92 Å². The Kier molecular flexibility index (Phi) is 9.49. The summed E-state index contributed by atoms with van der Waals surface area (Å²) in [5.41, 5.74) is 0. The molecule has 1 unspecified atom stereocenters. The molecule has 78 valence electrons. The first-order valence-electron chi connectivity index (χ1n) is 5.24. The van der Waals surface area contributed by atoms with Crippen LogP contribution in [0.1, 0.15) is 45.4 Å². The highest BCUT2D eigenvalue weighted by atomic mass is 16.1. The monoisotopic (exact) mass is 194 g/mol. The van der Waals surface area contributed by atoms with Crippen molar-refractivity contribution in [1.82, 2.24) is 0 Å². The Balaban J connectivity index is 3.48. The van der Waals surface area contributed by atoms with Crippen molar-refractivity contribution in [2.45, 2.75) is 45.4 Å². The van der Waals surface area contributed by atoms with Gasteiger partial charge >= 0.3 is 0 Å². The predicted octanol–water partition coefficient (Wildman–Crippen LogP) is 2.74. The fourth-order valence-corrected chi connectivity index (χ4v) is 1.19. The maximum atomic E-state index is 10.3. The van der Waals surface area contributed by atoms with Crippen molar-refractivity contribution >= 4 is 12.6 Å². The van der Waals surface area contributed by atoms with E-state index < -0.39 is 5.92 Å². The molecular formula is C12H18O2. The van der Waals surface area contributed by atoms with Gasteiger partial charge in [-0.1, -0.05) is 38.3 Å². The third-order valence-electron chi connectivity index (χ3n) is 2.05. The average Bonchev–Trinajstić information content (AvgIpc) is 2.21. The number of hydrogen-bond donors (Lipinski definition) is 0. The van der Waals surface area contributed by atoms with Crippen molar-refractivity contribution in [2.75, 3.05) is 0 Å². The van der Waals surface area contributed by atoms with Gasteiger partial charge in [0.15, 0.2) is 6.29 Å². The molecule has 0 spiro atoms. The van der Waals surface area contributed by atoms with Crippen LogP contribution in [0.15, 0.2) is 12.2 Å². The molecule has 0 N–H and O–H groups in total. The highest BCUT2D eigenvalue weighted by Gasteiger charge is 2.01. The molecule has 14 heavy (non-hydrogen) atoms. The van der Waals surface area contributed by atoms with Gasteiger partial charge in [-0.2, -0.15) is 0 Å². The number of unbranched alkanes of at least 4 members (excludes halogenated alkanes) is 4. The van der Waals surface area contributed by atoms with E-state index in [9.17, 15) is 9.59 Å². The average molecular weight is 194 g/mol. The molecule has 1 atom stereocenters. The summed E-state index contributed by atoms with van der Waals surface area (Å²) in [4.78, 5) is 20.3. The summed E-state index contributed by atoms with van der Waals surface area (Å²) in [6.07, 6.45) is 13.2. The summed E-state index contributed by atoms with van der Waals surface area (Å²) >= 11 is 0. The van der Waals surface area contributed by atoms with Gasteiger partial charge in [-0.15, -0.1) is 0 Å². The minimum atomic E-state index is -0.390. The first-order chi connectivity index (χ1) is 6.85. The predicted molar refractivity (Wildman–Crippen MR) is 57.4 cm³/mol. The third kappa shape index (κ3) is 7.71. The quantitative estimate of drug-likeness (QED) is 0.418. The lowest BCUT2D eigenvalue weighted by atomic mass is 10.1. The normalized spacial score (nSPS) is 12.9. The Morgan fingerprint density at radius 3 is 2.57 bits per heavy atom. The maximum Gasteiger partial charge on any atom is 0.206 e. The summed E-state index contributed by atoms with van der Waals surface area (Å²) in [5, 5.41) is 0. The van der Waals surface area contributed by atoms with Gasteiger partial charge < -0.3 is 0 Å². The van der Waals surface area contributed by atoms with E-state index in [4.69, 9.17) is 0 Å². The van der Waals surface area contributed by atoms with E-state index in [0.717, 1.165) is 12.8 Å². The van der Waals surface area contributed by atoms with E-state index in [1.807, 2.05) is 6.08 Å². The van der Waals surface area contributed by atoms with Gasteiger partial charge in [0.1, 0.15) is 0 Å². The minimum Gasteiger partial charge on any atom is -0.291 e. The second-order valence-electron chi connectivity index (χ2n) is 3.35. The molecule has 0 aromatic rings. The molecule has 0 aromatic heterocycles. The van der Waals surface area contributed by atoms with Crippen LogP contribution in [0.3, 0.4) is 0 Å². The van der Waals surface area contributed by atoms with Crippen LogP contribution < -0.4 is 0 Å². The highest BCUT2D eigenvalue weighted by molar-refractivity contribution is 5.64. The number of hydrogen-bond acceptors (Lipinski definition) is 2. The van der Waals surface area contributed by atoms with Gasteiger partial charge in [-0.05, 0) is 12.8 Å². The molecule has 0 bridgehead atoms. The molecule has 2 nitrogen and oxygen atoms in total. The number of allylic oxidation sites excluding steroid dienone is 2. The third-order valence-corrected chi connectivity index (χ3v) is 2.05. The van der Waals surface area contributed by atoms with Gasteiger partial charge in [0, 0.05) is 6.42 Å². The fourth-order valence-electron chi connectivity index (χ4n) is 1.19. The molecule has 0 aliphatic heterocycles. The van der Waals surface area contributed by atoms with Crippen LogP contribution in [0.5, 0.6) is 0 Å². The first kappa shape index (κ1) is 13.1. The van der Waals surface area contributed by atoms with Gasteiger partial charge in [0.25, 0.3) is 0 Å². The number of carbonyl (C=O) groups excluding carboxylic acids is 2. The molecule has 0 aromatic carbocycles. The highest BCUT2D eigenvalue weighted by Crippen LogP contribution is 2.05. The van der Waals surface area contributed by atoms with Crippen LogP contribution in [0.2, 0.25) is 0 Å². The van der Waals surface area contributed by atoms with E-state index >= 15 is 0 Å². The fraction of sp³-hybridized carbons (Fsp3) is 0.667. The molecular weight excluding hydrogens is 176 g/mol. The molecule has 0 aliphatic rings. The zero-order valence-electron chi connectivity index (χ0n) is 8.79. The summed E-state index contributed by atoms with van der Waals surface area (Å²) in [7, 11) is 0. The Labute approximate surface area is 86.4 Å². The van der Waals surface area contributed by atoms with Gasteiger partial charge in [-0.25, -0.2) is 0 Å². The summed E-state index contributed by atoms with van der Waals surface area (Å²) in [5.74, 6) is -0.390. The Bertz CT molecular complexity index is 173. The summed E-state index contributed by atoms with van der Waals surface area (Å²) in [6.45, 7) is 2.17. The SMILES string of the molecule is CCCCCCC=CC([C]=O)C[C]=O. The van der Waals surface area contributed by atoms with Crippen molar-refractivity contribution < 1.29 is 9.59 Å². The van der Waals surface area contributed by atoms with E-state index in [0.29, 0.717) is 0 Å². The molecule has 0 rings (SSSR count). The largest absolute Gasteiger partial charge is 0.291 e. The second kappa shape index (κ2) is 10.2. The van der Waals surface area contributed by atoms with Crippen LogP contribution in [-0.2, 0) is 9.59 Å². The van der Waals surface area contributed by atoms with Crippen molar-refractivity contribution in [1.29, 1.82) is 0 Å². The molecule has 2 radical (unpaired) electrons. The maximum absolute atomic E-state index is 10.3. The molecule has 0 aliphatic carbocycles.